The molecule has 0 fully saturated rings. The van der Waals surface area contributed by atoms with E-state index in [1.54, 1.807) is 12.1 Å². The number of nitrogens with one attached hydrogen (secondary N) is 1. The fraction of sp³-hybridized carbons (Fsp3) is 0.389. The van der Waals surface area contributed by atoms with Crippen LogP contribution in [-0.2, 0) is 11.3 Å². The molecule has 21 heavy (non-hydrogen) atoms. The lowest BCUT2D eigenvalue weighted by molar-refractivity contribution is -0.119. The second-order valence-electron chi connectivity index (χ2n) is 5.64. The summed E-state index contributed by atoms with van der Waals surface area (Å²) in [5, 5.41) is 15.0. The number of hydrogen-bond acceptors (Lipinski definition) is 3. The van der Waals surface area contributed by atoms with E-state index in [4.69, 9.17) is 0 Å². The second kappa shape index (κ2) is 7.23. The number of hydrogen-bond donors (Lipinski definition) is 2. The third-order valence-electron chi connectivity index (χ3n) is 3.61. The molecule has 2 aromatic rings. The van der Waals surface area contributed by atoms with Gasteiger partial charge in [0, 0.05) is 25.4 Å². The molecule has 0 aliphatic heterocycles. The summed E-state index contributed by atoms with van der Waals surface area (Å²) in [6.45, 7) is 4.83. The monoisotopic (exact) mass is 285 g/mol. The van der Waals surface area contributed by atoms with Crippen LogP contribution in [0.4, 0.5) is 0 Å². The van der Waals surface area contributed by atoms with Gasteiger partial charge in [-0.2, -0.15) is 0 Å². The van der Waals surface area contributed by atoms with Crippen LogP contribution >= 0.6 is 0 Å². The Morgan fingerprint density at radius 3 is 2.67 bits per heavy atom. The molecule has 112 valence electrons. The van der Waals surface area contributed by atoms with Crippen molar-refractivity contribution in [3.05, 3.63) is 42.0 Å². The molecule has 3 nitrogen and oxygen atoms in total. The van der Waals surface area contributed by atoms with Gasteiger partial charge in [-0.25, -0.2) is 0 Å². The van der Waals surface area contributed by atoms with Crippen LogP contribution < -0.4 is 5.32 Å². The van der Waals surface area contributed by atoms with Gasteiger partial charge in [-0.3, -0.25) is 4.79 Å². The summed E-state index contributed by atoms with van der Waals surface area (Å²) in [6, 6.07) is 11.8. The fourth-order valence-electron chi connectivity index (χ4n) is 2.48. The number of fused-ring (bicyclic) bond motifs is 1. The van der Waals surface area contributed by atoms with Crippen molar-refractivity contribution >= 4 is 16.6 Å². The van der Waals surface area contributed by atoms with E-state index in [2.05, 4.69) is 17.4 Å². The van der Waals surface area contributed by atoms with E-state index in [1.807, 2.05) is 26.0 Å². The van der Waals surface area contributed by atoms with E-state index in [0.29, 0.717) is 18.6 Å². The molecule has 2 aromatic carbocycles. The first-order valence-electron chi connectivity index (χ1n) is 7.55. The molecule has 0 saturated carbocycles. The van der Waals surface area contributed by atoms with E-state index in [-0.39, 0.29) is 11.8 Å². The van der Waals surface area contributed by atoms with Gasteiger partial charge >= 0.3 is 0 Å². The Morgan fingerprint density at radius 1 is 1.19 bits per heavy atom. The van der Waals surface area contributed by atoms with Crippen LogP contribution in [0, 0.1) is 0 Å². The topological polar surface area (TPSA) is 49.3 Å². The molecule has 0 saturated heterocycles. The Bertz CT molecular complexity index is 622. The van der Waals surface area contributed by atoms with Gasteiger partial charge in [0.25, 0.3) is 0 Å². The van der Waals surface area contributed by atoms with Crippen LogP contribution in [0.1, 0.15) is 38.7 Å². The summed E-state index contributed by atoms with van der Waals surface area (Å²) in [4.78, 5) is 11.6. The maximum Gasteiger partial charge on any atom is 0.134 e. The van der Waals surface area contributed by atoms with Crippen LogP contribution in [-0.4, -0.2) is 16.9 Å². The van der Waals surface area contributed by atoms with Gasteiger partial charge in [-0.05, 0) is 47.9 Å². The van der Waals surface area contributed by atoms with Gasteiger partial charge in [-0.15, -0.1) is 0 Å². The van der Waals surface area contributed by atoms with Crippen molar-refractivity contribution in [3.8, 4) is 5.75 Å². The zero-order valence-electron chi connectivity index (χ0n) is 12.7. The van der Waals surface area contributed by atoms with Crippen LogP contribution in [0.2, 0.25) is 0 Å². The smallest absolute Gasteiger partial charge is 0.134 e. The average Bonchev–Trinajstić information content (AvgIpc) is 2.45. The highest BCUT2D eigenvalue weighted by molar-refractivity contribution is 5.84. The van der Waals surface area contributed by atoms with Crippen LogP contribution in [0.3, 0.4) is 0 Å². The number of carbonyl (C=O) groups excluding carboxylic acids is 1. The fourth-order valence-corrected chi connectivity index (χ4v) is 2.48. The number of aromatic hydroxyl groups is 1. The van der Waals surface area contributed by atoms with E-state index in [1.165, 1.54) is 5.56 Å². The van der Waals surface area contributed by atoms with Crippen molar-refractivity contribution in [2.24, 2.45) is 0 Å². The number of ketones is 1. The molecule has 0 radical (unpaired) electrons. The van der Waals surface area contributed by atoms with Gasteiger partial charge in [0.15, 0.2) is 0 Å². The molecule has 2 rings (SSSR count). The lowest BCUT2D eigenvalue weighted by atomic mass is 10.1. The molecule has 0 aliphatic rings. The molecule has 2 N–H and O–H groups in total. The number of benzene rings is 2. The van der Waals surface area contributed by atoms with Gasteiger partial charge in [-0.1, -0.05) is 25.1 Å². The first kappa shape index (κ1) is 15.5. The normalized spacial score (nSPS) is 12.5. The quantitative estimate of drug-likeness (QED) is 0.814. The van der Waals surface area contributed by atoms with Crippen molar-refractivity contribution in [2.75, 3.05) is 0 Å². The molecule has 0 spiro atoms. The minimum Gasteiger partial charge on any atom is -0.508 e. The standard InChI is InChI=1S/C18H23NO2/c1-3-4-17(20)9-13(2)19-12-14-5-6-16-11-18(21)8-7-15(16)10-14/h5-8,10-11,13,19,21H,3-4,9,12H2,1-2H3. The van der Waals surface area contributed by atoms with Crippen LogP contribution in [0.5, 0.6) is 5.75 Å². The van der Waals surface area contributed by atoms with E-state index in [0.717, 1.165) is 23.7 Å². The predicted octanol–water partition coefficient (Wildman–Crippen LogP) is 3.78. The van der Waals surface area contributed by atoms with Crippen molar-refractivity contribution in [1.29, 1.82) is 0 Å². The molecule has 3 heteroatoms. The number of phenolic OH excluding ortho intramolecular Hbond substituents is 1. The molecule has 1 atom stereocenters. The molecule has 1 unspecified atom stereocenters. The highest BCUT2D eigenvalue weighted by atomic mass is 16.3. The van der Waals surface area contributed by atoms with Crippen LogP contribution in [0.25, 0.3) is 10.8 Å². The van der Waals surface area contributed by atoms with Crippen molar-refractivity contribution in [3.63, 3.8) is 0 Å². The first-order chi connectivity index (χ1) is 10.1. The van der Waals surface area contributed by atoms with Crippen molar-refractivity contribution in [2.45, 2.75) is 45.7 Å². The molecule has 0 aromatic heterocycles. The Hall–Kier alpha value is -1.87. The highest BCUT2D eigenvalue weighted by Gasteiger charge is 2.08. The third kappa shape index (κ3) is 4.57. The average molecular weight is 285 g/mol. The number of carbonyl (C=O) groups is 1. The first-order valence-corrected chi connectivity index (χ1v) is 7.55. The largest absolute Gasteiger partial charge is 0.508 e. The number of phenols is 1. The maximum absolute atomic E-state index is 11.6. The number of rotatable bonds is 7. The summed E-state index contributed by atoms with van der Waals surface area (Å²) in [6.07, 6.45) is 2.18. The summed E-state index contributed by atoms with van der Waals surface area (Å²) < 4.78 is 0. The van der Waals surface area contributed by atoms with Gasteiger partial charge in [0.05, 0.1) is 0 Å². The second-order valence-corrected chi connectivity index (χ2v) is 5.64. The van der Waals surface area contributed by atoms with E-state index < -0.39 is 0 Å². The predicted molar refractivity (Wildman–Crippen MR) is 86.4 cm³/mol. The Kier molecular flexibility index (Phi) is 5.34. The third-order valence-corrected chi connectivity index (χ3v) is 3.61. The summed E-state index contributed by atoms with van der Waals surface area (Å²) in [7, 11) is 0. The molecule has 0 bridgehead atoms. The zero-order valence-corrected chi connectivity index (χ0v) is 12.7. The van der Waals surface area contributed by atoms with Gasteiger partial charge < -0.3 is 10.4 Å². The molecular formula is C18H23NO2. The Balaban J connectivity index is 1.94. The molecule has 0 amide bonds. The molecule has 0 aliphatic carbocycles. The van der Waals surface area contributed by atoms with E-state index >= 15 is 0 Å². The highest BCUT2D eigenvalue weighted by Crippen LogP contribution is 2.21. The van der Waals surface area contributed by atoms with Crippen LogP contribution in [0.15, 0.2) is 36.4 Å². The Labute approximate surface area is 126 Å². The summed E-state index contributed by atoms with van der Waals surface area (Å²) in [5.74, 6) is 0.614. The number of Topliss-reactive ketones (excluding diaryl/α,β-unsaturated/α-hetero) is 1. The molecular weight excluding hydrogens is 262 g/mol. The molecule has 0 heterocycles. The lowest BCUT2D eigenvalue weighted by Crippen LogP contribution is -2.27. The van der Waals surface area contributed by atoms with Crippen molar-refractivity contribution < 1.29 is 9.90 Å². The summed E-state index contributed by atoms with van der Waals surface area (Å²) in [5.41, 5.74) is 1.18. The van der Waals surface area contributed by atoms with Crippen molar-refractivity contribution in [1.82, 2.24) is 5.32 Å². The van der Waals surface area contributed by atoms with E-state index in [9.17, 15) is 9.90 Å². The maximum atomic E-state index is 11.6. The zero-order chi connectivity index (χ0) is 15.2. The lowest BCUT2D eigenvalue weighted by Gasteiger charge is -2.13. The SMILES string of the molecule is CCCC(=O)CC(C)NCc1ccc2cc(O)ccc2c1. The summed E-state index contributed by atoms with van der Waals surface area (Å²) >= 11 is 0. The minimum atomic E-state index is 0.194. The van der Waals surface area contributed by atoms with Gasteiger partial charge in [0.1, 0.15) is 11.5 Å². The Morgan fingerprint density at radius 2 is 1.90 bits per heavy atom. The van der Waals surface area contributed by atoms with Gasteiger partial charge in [0.2, 0.25) is 0 Å². The minimum absolute atomic E-state index is 0.194.